The van der Waals surface area contributed by atoms with Crippen molar-refractivity contribution in [3.63, 3.8) is 0 Å². The number of hydrogen-bond acceptors (Lipinski definition) is 4. The number of benzene rings is 1. The van der Waals surface area contributed by atoms with Crippen molar-refractivity contribution in [1.29, 1.82) is 0 Å². The maximum Gasteiger partial charge on any atom is 0.133 e. The molecule has 106 valence electrons. The number of ether oxygens (including phenoxy) is 2. The van der Waals surface area contributed by atoms with Crippen molar-refractivity contribution < 1.29 is 9.47 Å². The molecule has 0 bridgehead atoms. The highest BCUT2D eigenvalue weighted by Crippen LogP contribution is 2.29. The van der Waals surface area contributed by atoms with Crippen molar-refractivity contribution in [2.75, 3.05) is 45.4 Å². The van der Waals surface area contributed by atoms with Crippen molar-refractivity contribution in [2.24, 2.45) is 0 Å². The van der Waals surface area contributed by atoms with Gasteiger partial charge in [-0.25, -0.2) is 0 Å². The second kappa shape index (κ2) is 7.12. The molecule has 1 aromatic rings. The van der Waals surface area contributed by atoms with Gasteiger partial charge in [-0.3, -0.25) is 0 Å². The van der Waals surface area contributed by atoms with Gasteiger partial charge in [-0.05, 0) is 40.5 Å². The van der Waals surface area contributed by atoms with Gasteiger partial charge in [-0.2, -0.15) is 0 Å². The Labute approximate surface area is 123 Å². The summed E-state index contributed by atoms with van der Waals surface area (Å²) in [7, 11) is 3.79. The minimum atomic E-state index is 0.470. The largest absolute Gasteiger partial charge is 0.496 e. The van der Waals surface area contributed by atoms with Crippen LogP contribution in [0.4, 0.5) is 5.69 Å². The molecular formula is C14H21BrN2O2. The van der Waals surface area contributed by atoms with Gasteiger partial charge < -0.3 is 19.7 Å². The van der Waals surface area contributed by atoms with E-state index in [0.29, 0.717) is 6.04 Å². The second-order valence-electron chi connectivity index (χ2n) is 4.76. The lowest BCUT2D eigenvalue weighted by atomic mass is 10.2. The van der Waals surface area contributed by atoms with Crippen molar-refractivity contribution in [3.8, 4) is 5.75 Å². The molecule has 1 N–H and O–H groups in total. The minimum Gasteiger partial charge on any atom is -0.496 e. The Kier molecular flexibility index (Phi) is 5.48. The number of anilines is 1. The molecule has 1 aliphatic rings. The van der Waals surface area contributed by atoms with Crippen LogP contribution < -0.4 is 15.0 Å². The van der Waals surface area contributed by atoms with Gasteiger partial charge in [0.1, 0.15) is 5.75 Å². The smallest absolute Gasteiger partial charge is 0.133 e. The monoisotopic (exact) mass is 328 g/mol. The zero-order valence-electron chi connectivity index (χ0n) is 11.5. The summed E-state index contributed by atoms with van der Waals surface area (Å²) in [5, 5.41) is 3.47. The molecule has 4 nitrogen and oxygen atoms in total. The normalized spacial score (nSPS) is 19.2. The average Bonchev–Trinajstić information content (AvgIpc) is 2.45. The van der Waals surface area contributed by atoms with Gasteiger partial charge in [-0.1, -0.05) is 0 Å². The summed E-state index contributed by atoms with van der Waals surface area (Å²) in [4.78, 5) is 2.25. The minimum absolute atomic E-state index is 0.470. The third-order valence-corrected chi connectivity index (χ3v) is 4.01. The van der Waals surface area contributed by atoms with Crippen LogP contribution >= 0.6 is 15.9 Å². The Balaban J connectivity index is 1.88. The number of methoxy groups -OCH3 is 1. The Hall–Kier alpha value is -0.780. The highest BCUT2D eigenvalue weighted by molar-refractivity contribution is 9.10. The summed E-state index contributed by atoms with van der Waals surface area (Å²) in [5.41, 5.74) is 1.18. The number of halogens is 1. The molecular weight excluding hydrogens is 308 g/mol. The number of rotatable bonds is 5. The molecule has 0 aromatic heterocycles. The Morgan fingerprint density at radius 1 is 1.53 bits per heavy atom. The van der Waals surface area contributed by atoms with Gasteiger partial charge in [0.05, 0.1) is 24.8 Å². The maximum atomic E-state index is 5.46. The van der Waals surface area contributed by atoms with Gasteiger partial charge in [0.2, 0.25) is 0 Å². The van der Waals surface area contributed by atoms with Crippen LogP contribution in [0.3, 0.4) is 0 Å². The highest BCUT2D eigenvalue weighted by Gasteiger charge is 2.14. The van der Waals surface area contributed by atoms with Crippen LogP contribution in [0, 0.1) is 0 Å². The third kappa shape index (κ3) is 4.09. The van der Waals surface area contributed by atoms with E-state index in [1.807, 2.05) is 6.07 Å². The standard InChI is InChI=1S/C14H21BrN2O2/c1-17(7-5-11-10-19-8-6-16-11)12-3-4-14(18-2)13(15)9-12/h3-4,9,11,16H,5-8,10H2,1-2H3. The summed E-state index contributed by atoms with van der Waals surface area (Å²) in [6.07, 6.45) is 1.08. The van der Waals surface area contributed by atoms with Crippen LogP contribution in [0.5, 0.6) is 5.75 Å². The molecule has 5 heteroatoms. The molecule has 1 atom stereocenters. The van der Waals surface area contributed by atoms with Gasteiger partial charge in [0, 0.05) is 31.9 Å². The topological polar surface area (TPSA) is 33.7 Å². The predicted molar refractivity (Wildman–Crippen MR) is 81.2 cm³/mol. The number of hydrogen-bond donors (Lipinski definition) is 1. The van der Waals surface area contributed by atoms with E-state index in [4.69, 9.17) is 9.47 Å². The number of morpholine rings is 1. The van der Waals surface area contributed by atoms with Gasteiger partial charge in [0.25, 0.3) is 0 Å². The average molecular weight is 329 g/mol. The lowest BCUT2D eigenvalue weighted by molar-refractivity contribution is 0.0749. The SMILES string of the molecule is COc1ccc(N(C)CCC2COCCN2)cc1Br. The van der Waals surface area contributed by atoms with Crippen molar-refractivity contribution in [3.05, 3.63) is 22.7 Å². The molecule has 0 aliphatic carbocycles. The molecule has 1 fully saturated rings. The zero-order valence-corrected chi connectivity index (χ0v) is 13.1. The Bertz CT molecular complexity index is 408. The molecule has 1 heterocycles. The van der Waals surface area contributed by atoms with Gasteiger partial charge in [-0.15, -0.1) is 0 Å². The molecule has 0 spiro atoms. The summed E-state index contributed by atoms with van der Waals surface area (Å²) >= 11 is 3.52. The van der Waals surface area contributed by atoms with Crippen molar-refractivity contribution >= 4 is 21.6 Å². The Morgan fingerprint density at radius 2 is 2.37 bits per heavy atom. The first-order valence-corrected chi connectivity index (χ1v) is 7.36. The van der Waals surface area contributed by atoms with Crippen LogP contribution in [0.1, 0.15) is 6.42 Å². The zero-order chi connectivity index (χ0) is 13.7. The van der Waals surface area contributed by atoms with Crippen LogP contribution in [-0.2, 0) is 4.74 Å². The molecule has 0 radical (unpaired) electrons. The summed E-state index contributed by atoms with van der Waals surface area (Å²) in [5.74, 6) is 0.861. The van der Waals surface area contributed by atoms with Crippen LogP contribution in [0.15, 0.2) is 22.7 Å². The van der Waals surface area contributed by atoms with E-state index in [9.17, 15) is 0 Å². The van der Waals surface area contributed by atoms with E-state index in [1.165, 1.54) is 5.69 Å². The van der Waals surface area contributed by atoms with Crippen molar-refractivity contribution in [1.82, 2.24) is 5.32 Å². The molecule has 1 saturated heterocycles. The number of nitrogens with one attached hydrogen (secondary N) is 1. The van der Waals surface area contributed by atoms with Crippen molar-refractivity contribution in [2.45, 2.75) is 12.5 Å². The molecule has 1 aromatic carbocycles. The summed E-state index contributed by atoms with van der Waals surface area (Å²) in [6, 6.07) is 6.62. The van der Waals surface area contributed by atoms with Crippen LogP contribution in [0.2, 0.25) is 0 Å². The molecule has 0 amide bonds. The Morgan fingerprint density at radius 3 is 3.00 bits per heavy atom. The van der Waals surface area contributed by atoms with Crippen LogP contribution in [0.25, 0.3) is 0 Å². The lowest BCUT2D eigenvalue weighted by Crippen LogP contribution is -2.42. The lowest BCUT2D eigenvalue weighted by Gasteiger charge is -2.27. The molecule has 19 heavy (non-hydrogen) atoms. The van der Waals surface area contributed by atoms with Crippen LogP contribution in [-0.4, -0.2) is 46.5 Å². The first kappa shape index (κ1) is 14.6. The van der Waals surface area contributed by atoms with Gasteiger partial charge >= 0.3 is 0 Å². The fourth-order valence-electron chi connectivity index (χ4n) is 2.18. The van der Waals surface area contributed by atoms with E-state index in [0.717, 1.165) is 42.9 Å². The second-order valence-corrected chi connectivity index (χ2v) is 5.61. The molecule has 1 unspecified atom stereocenters. The predicted octanol–water partition coefficient (Wildman–Crippen LogP) is 2.27. The molecule has 2 rings (SSSR count). The fourth-order valence-corrected chi connectivity index (χ4v) is 2.71. The molecule has 1 aliphatic heterocycles. The fraction of sp³-hybridized carbons (Fsp3) is 0.571. The van der Waals surface area contributed by atoms with Gasteiger partial charge in [0.15, 0.2) is 0 Å². The number of nitrogens with zero attached hydrogens (tertiary/aromatic N) is 1. The van der Waals surface area contributed by atoms with E-state index < -0.39 is 0 Å². The quantitative estimate of drug-likeness (QED) is 0.899. The van der Waals surface area contributed by atoms with E-state index in [-0.39, 0.29) is 0 Å². The first-order chi connectivity index (χ1) is 9.20. The van der Waals surface area contributed by atoms with E-state index >= 15 is 0 Å². The maximum absolute atomic E-state index is 5.46. The first-order valence-electron chi connectivity index (χ1n) is 6.56. The summed E-state index contributed by atoms with van der Waals surface area (Å²) in [6.45, 7) is 3.61. The molecule has 0 saturated carbocycles. The third-order valence-electron chi connectivity index (χ3n) is 3.39. The summed E-state index contributed by atoms with van der Waals surface area (Å²) < 4.78 is 11.7. The van der Waals surface area contributed by atoms with E-state index in [2.05, 4.69) is 45.3 Å². The highest BCUT2D eigenvalue weighted by atomic mass is 79.9. The van der Waals surface area contributed by atoms with E-state index in [1.54, 1.807) is 7.11 Å².